The zero-order chi connectivity index (χ0) is 12.3. The second-order valence-electron chi connectivity index (χ2n) is 4.88. The monoisotopic (exact) mass is 232 g/mol. The van der Waals surface area contributed by atoms with Crippen LogP contribution in [0.4, 0.5) is 0 Å². The largest absolute Gasteiger partial charge is 0.368 e. The van der Waals surface area contributed by atoms with Gasteiger partial charge in [-0.25, -0.2) is 0 Å². The SMILES string of the molecule is C#CC(OC)C1(C2CCCN2C)C=CC=NC1. The van der Waals surface area contributed by atoms with Gasteiger partial charge in [-0.2, -0.15) is 0 Å². The number of nitrogens with zero attached hydrogens (tertiary/aromatic N) is 2. The van der Waals surface area contributed by atoms with Gasteiger partial charge < -0.3 is 9.64 Å². The lowest BCUT2D eigenvalue weighted by molar-refractivity contribution is 0.0157. The third-order valence-corrected chi connectivity index (χ3v) is 3.98. The predicted octanol–water partition coefficient (Wildman–Crippen LogP) is 1.36. The predicted molar refractivity (Wildman–Crippen MR) is 70.2 cm³/mol. The Bertz CT molecular complexity index is 369. The number of terminal acetylenes is 1. The number of rotatable bonds is 3. The zero-order valence-electron chi connectivity index (χ0n) is 10.6. The Morgan fingerprint density at radius 3 is 2.94 bits per heavy atom. The molecule has 2 heterocycles. The molecule has 0 aliphatic carbocycles. The van der Waals surface area contributed by atoms with Crippen LogP contribution in [0.5, 0.6) is 0 Å². The number of hydrogen-bond acceptors (Lipinski definition) is 3. The molecular weight excluding hydrogens is 212 g/mol. The van der Waals surface area contributed by atoms with Crippen molar-refractivity contribution in [2.45, 2.75) is 25.0 Å². The highest BCUT2D eigenvalue weighted by atomic mass is 16.5. The van der Waals surface area contributed by atoms with Gasteiger partial charge in [-0.1, -0.05) is 12.0 Å². The van der Waals surface area contributed by atoms with E-state index in [0.717, 1.165) is 19.5 Å². The quantitative estimate of drug-likeness (QED) is 0.686. The Morgan fingerprint density at radius 2 is 2.47 bits per heavy atom. The summed E-state index contributed by atoms with van der Waals surface area (Å²) in [6.45, 7) is 1.85. The second kappa shape index (κ2) is 5.03. The lowest BCUT2D eigenvalue weighted by Crippen LogP contribution is -2.51. The van der Waals surface area contributed by atoms with Crippen LogP contribution in [0.1, 0.15) is 12.8 Å². The van der Waals surface area contributed by atoms with E-state index in [1.54, 1.807) is 7.11 Å². The first-order valence-corrected chi connectivity index (χ1v) is 6.11. The smallest absolute Gasteiger partial charge is 0.129 e. The minimum absolute atomic E-state index is 0.163. The van der Waals surface area contributed by atoms with Gasteiger partial charge in [0.25, 0.3) is 0 Å². The molecule has 0 N–H and O–H groups in total. The average Bonchev–Trinajstić information content (AvgIpc) is 2.79. The van der Waals surface area contributed by atoms with Gasteiger partial charge in [-0.3, -0.25) is 4.99 Å². The maximum absolute atomic E-state index is 5.63. The Kier molecular flexibility index (Phi) is 3.66. The fraction of sp³-hybridized carbons (Fsp3) is 0.643. The van der Waals surface area contributed by atoms with E-state index in [0.29, 0.717) is 6.04 Å². The van der Waals surface area contributed by atoms with Gasteiger partial charge in [-0.15, -0.1) is 6.42 Å². The summed E-state index contributed by atoms with van der Waals surface area (Å²) >= 11 is 0. The van der Waals surface area contributed by atoms with E-state index in [2.05, 4.69) is 28.9 Å². The lowest BCUT2D eigenvalue weighted by atomic mass is 9.73. The Balaban J connectivity index is 2.33. The molecule has 2 aliphatic heterocycles. The Hall–Kier alpha value is -1.11. The summed E-state index contributed by atoms with van der Waals surface area (Å²) in [7, 11) is 3.85. The number of likely N-dealkylation sites (tertiary alicyclic amines) is 1. The van der Waals surface area contributed by atoms with E-state index in [-0.39, 0.29) is 11.5 Å². The van der Waals surface area contributed by atoms with E-state index in [4.69, 9.17) is 11.2 Å². The molecule has 92 valence electrons. The summed E-state index contributed by atoms with van der Waals surface area (Å²) in [4.78, 5) is 6.80. The number of ether oxygens (including phenoxy) is 1. The van der Waals surface area contributed by atoms with Crippen LogP contribution in [0, 0.1) is 17.8 Å². The number of dihydropyridines is 1. The number of methoxy groups -OCH3 is 1. The van der Waals surface area contributed by atoms with Gasteiger partial charge in [0.05, 0.1) is 12.0 Å². The van der Waals surface area contributed by atoms with E-state index in [1.165, 1.54) is 6.42 Å². The Morgan fingerprint density at radius 1 is 1.65 bits per heavy atom. The van der Waals surface area contributed by atoms with Gasteiger partial charge in [0.1, 0.15) is 6.10 Å². The van der Waals surface area contributed by atoms with Crippen molar-refractivity contribution < 1.29 is 4.74 Å². The summed E-state index contributed by atoms with van der Waals surface area (Å²) in [5.74, 6) is 2.79. The molecule has 0 saturated carbocycles. The molecule has 2 aliphatic rings. The third kappa shape index (κ3) is 2.03. The Labute approximate surface area is 104 Å². The van der Waals surface area contributed by atoms with E-state index in [9.17, 15) is 0 Å². The number of allylic oxidation sites excluding steroid dienone is 1. The van der Waals surface area contributed by atoms with Crippen molar-refractivity contribution in [2.75, 3.05) is 27.2 Å². The van der Waals surface area contributed by atoms with Crippen LogP contribution in [-0.2, 0) is 4.74 Å². The maximum atomic E-state index is 5.63. The van der Waals surface area contributed by atoms with Crippen molar-refractivity contribution in [1.29, 1.82) is 0 Å². The number of aliphatic imine (C=N–C) groups is 1. The molecule has 0 aromatic rings. The molecule has 0 amide bonds. The summed E-state index contributed by atoms with van der Waals surface area (Å²) < 4.78 is 5.52. The van der Waals surface area contributed by atoms with Crippen LogP contribution < -0.4 is 0 Å². The molecule has 0 bridgehead atoms. The molecule has 3 unspecified atom stereocenters. The van der Waals surface area contributed by atoms with Crippen molar-refractivity contribution in [3.63, 3.8) is 0 Å². The summed E-state index contributed by atoms with van der Waals surface area (Å²) in [5, 5.41) is 0. The average molecular weight is 232 g/mol. The molecule has 17 heavy (non-hydrogen) atoms. The molecule has 1 fully saturated rings. The summed E-state index contributed by atoms with van der Waals surface area (Å²) in [6.07, 6.45) is 13.9. The van der Waals surface area contributed by atoms with Crippen LogP contribution in [0.2, 0.25) is 0 Å². The highest BCUT2D eigenvalue weighted by Crippen LogP contribution is 2.39. The zero-order valence-corrected chi connectivity index (χ0v) is 10.6. The highest BCUT2D eigenvalue weighted by Gasteiger charge is 2.47. The van der Waals surface area contributed by atoms with Gasteiger partial charge in [0.2, 0.25) is 0 Å². The van der Waals surface area contributed by atoms with Gasteiger partial charge in [-0.05, 0) is 32.5 Å². The minimum Gasteiger partial charge on any atom is -0.368 e. The molecule has 0 radical (unpaired) electrons. The fourth-order valence-electron chi connectivity index (χ4n) is 3.14. The standard InChI is InChI=1S/C14H20N2O/c1-4-13(17-3)14(8-6-9-15-11-14)12-7-5-10-16(12)2/h1,6,8-9,12-13H,5,7,10-11H2,2-3H3. The molecule has 0 aromatic heterocycles. The van der Waals surface area contributed by atoms with Gasteiger partial charge >= 0.3 is 0 Å². The maximum Gasteiger partial charge on any atom is 0.129 e. The molecule has 3 atom stereocenters. The summed E-state index contributed by atoms with van der Waals surface area (Å²) in [5.41, 5.74) is -0.163. The van der Waals surface area contributed by atoms with Gasteiger partial charge in [0.15, 0.2) is 0 Å². The third-order valence-electron chi connectivity index (χ3n) is 3.98. The second-order valence-corrected chi connectivity index (χ2v) is 4.88. The first kappa shape index (κ1) is 12.3. The lowest BCUT2D eigenvalue weighted by Gasteiger charge is -2.42. The minimum atomic E-state index is -0.207. The van der Waals surface area contributed by atoms with Crippen LogP contribution in [-0.4, -0.2) is 50.5 Å². The normalized spacial score (nSPS) is 34.8. The van der Waals surface area contributed by atoms with Crippen LogP contribution >= 0.6 is 0 Å². The molecule has 1 saturated heterocycles. The highest BCUT2D eigenvalue weighted by molar-refractivity contribution is 5.72. The van der Waals surface area contributed by atoms with Crippen molar-refractivity contribution in [3.8, 4) is 12.3 Å². The fourth-order valence-corrected chi connectivity index (χ4v) is 3.14. The van der Waals surface area contributed by atoms with Crippen molar-refractivity contribution in [3.05, 3.63) is 12.2 Å². The molecular formula is C14H20N2O. The van der Waals surface area contributed by atoms with Crippen LogP contribution in [0.15, 0.2) is 17.1 Å². The van der Waals surface area contributed by atoms with Crippen molar-refractivity contribution >= 4 is 6.21 Å². The van der Waals surface area contributed by atoms with Crippen LogP contribution in [0.3, 0.4) is 0 Å². The van der Waals surface area contributed by atoms with Gasteiger partial charge in [0, 0.05) is 19.4 Å². The molecule has 3 heteroatoms. The molecule has 0 spiro atoms. The summed E-state index contributed by atoms with van der Waals surface area (Å²) in [6, 6.07) is 0.428. The topological polar surface area (TPSA) is 24.8 Å². The molecule has 3 nitrogen and oxygen atoms in total. The molecule has 2 rings (SSSR count). The first-order chi connectivity index (χ1) is 8.24. The number of hydrogen-bond donors (Lipinski definition) is 0. The van der Waals surface area contributed by atoms with Crippen molar-refractivity contribution in [2.24, 2.45) is 10.4 Å². The van der Waals surface area contributed by atoms with E-state index < -0.39 is 0 Å². The van der Waals surface area contributed by atoms with Crippen LogP contribution in [0.25, 0.3) is 0 Å². The van der Waals surface area contributed by atoms with Crippen molar-refractivity contribution in [1.82, 2.24) is 4.90 Å². The van der Waals surface area contributed by atoms with E-state index >= 15 is 0 Å². The first-order valence-electron chi connectivity index (χ1n) is 6.11. The molecule has 0 aromatic carbocycles. The van der Waals surface area contributed by atoms with E-state index in [1.807, 2.05) is 12.3 Å².